The van der Waals surface area contributed by atoms with Crippen LogP contribution in [0, 0.1) is 0 Å². The second-order valence-electron chi connectivity index (χ2n) is 6.00. The van der Waals surface area contributed by atoms with Gasteiger partial charge in [-0.1, -0.05) is 48.5 Å². The Hall–Kier alpha value is -3.41. The first-order valence-corrected chi connectivity index (χ1v) is 8.61. The van der Waals surface area contributed by atoms with Crippen molar-refractivity contribution in [3.63, 3.8) is 0 Å². The third-order valence-electron chi connectivity index (χ3n) is 4.18. The van der Waals surface area contributed by atoms with E-state index in [4.69, 9.17) is 4.74 Å². The summed E-state index contributed by atoms with van der Waals surface area (Å²) in [6.07, 6.45) is 0. The Morgan fingerprint density at radius 2 is 1.54 bits per heavy atom. The number of nitrogens with one attached hydrogen (secondary N) is 1. The maximum Gasteiger partial charge on any atom is 0.387 e. The summed E-state index contributed by atoms with van der Waals surface area (Å²) in [4.78, 5) is 12.8. The van der Waals surface area contributed by atoms with Crippen molar-refractivity contribution < 1.29 is 23.0 Å². The number of alkyl halides is 2. The molecule has 4 nitrogen and oxygen atoms in total. The highest BCUT2D eigenvalue weighted by Crippen LogP contribution is 2.25. The largest absolute Gasteiger partial charge is 0.497 e. The van der Waals surface area contributed by atoms with Crippen molar-refractivity contribution in [1.82, 2.24) is 5.32 Å². The SMILES string of the molecule is COc1ccc([C@@H](NC(=O)c2cccc(OC(F)F)c2)c2ccccc2)cc1. The van der Waals surface area contributed by atoms with Crippen molar-refractivity contribution in [3.05, 3.63) is 95.6 Å². The maximum atomic E-state index is 12.8. The Morgan fingerprint density at radius 3 is 2.18 bits per heavy atom. The second-order valence-corrected chi connectivity index (χ2v) is 6.00. The third-order valence-corrected chi connectivity index (χ3v) is 4.18. The summed E-state index contributed by atoms with van der Waals surface area (Å²) in [5.74, 6) is 0.242. The molecule has 0 bridgehead atoms. The van der Waals surface area contributed by atoms with Gasteiger partial charge in [-0.05, 0) is 41.5 Å². The fourth-order valence-corrected chi connectivity index (χ4v) is 2.83. The van der Waals surface area contributed by atoms with Crippen LogP contribution < -0.4 is 14.8 Å². The summed E-state index contributed by atoms with van der Waals surface area (Å²) < 4.78 is 34.4. The number of ether oxygens (including phenoxy) is 2. The lowest BCUT2D eigenvalue weighted by molar-refractivity contribution is -0.0498. The fraction of sp³-hybridized carbons (Fsp3) is 0.136. The minimum Gasteiger partial charge on any atom is -0.497 e. The summed E-state index contributed by atoms with van der Waals surface area (Å²) >= 11 is 0. The molecule has 6 heteroatoms. The predicted octanol–water partition coefficient (Wildman–Crippen LogP) is 4.82. The molecule has 0 saturated carbocycles. The quantitative estimate of drug-likeness (QED) is 0.637. The molecule has 3 aromatic rings. The van der Waals surface area contributed by atoms with E-state index in [2.05, 4.69) is 10.1 Å². The van der Waals surface area contributed by atoms with Gasteiger partial charge in [-0.2, -0.15) is 8.78 Å². The van der Waals surface area contributed by atoms with Crippen LogP contribution in [0.25, 0.3) is 0 Å². The first-order valence-electron chi connectivity index (χ1n) is 8.61. The Balaban J connectivity index is 1.88. The first kappa shape index (κ1) is 19.4. The fourth-order valence-electron chi connectivity index (χ4n) is 2.83. The number of hydrogen-bond acceptors (Lipinski definition) is 3. The second kappa shape index (κ2) is 8.99. The molecule has 0 spiro atoms. The summed E-state index contributed by atoms with van der Waals surface area (Å²) in [5, 5.41) is 2.96. The Kier molecular flexibility index (Phi) is 6.22. The monoisotopic (exact) mass is 383 g/mol. The van der Waals surface area contributed by atoms with Gasteiger partial charge in [-0.3, -0.25) is 4.79 Å². The number of carbonyl (C=O) groups excluding carboxylic acids is 1. The van der Waals surface area contributed by atoms with Gasteiger partial charge < -0.3 is 14.8 Å². The molecule has 1 atom stereocenters. The molecule has 3 aromatic carbocycles. The lowest BCUT2D eigenvalue weighted by Crippen LogP contribution is -2.29. The minimum atomic E-state index is -2.95. The Bertz CT molecular complexity index is 915. The van der Waals surface area contributed by atoms with Crippen LogP contribution in [0.1, 0.15) is 27.5 Å². The highest BCUT2D eigenvalue weighted by molar-refractivity contribution is 5.95. The summed E-state index contributed by atoms with van der Waals surface area (Å²) in [5.41, 5.74) is 1.98. The molecule has 144 valence electrons. The minimum absolute atomic E-state index is 0.0663. The molecular weight excluding hydrogens is 364 g/mol. The molecule has 28 heavy (non-hydrogen) atoms. The van der Waals surface area contributed by atoms with Gasteiger partial charge in [0.25, 0.3) is 5.91 Å². The van der Waals surface area contributed by atoms with Crippen LogP contribution in [0.15, 0.2) is 78.9 Å². The molecule has 0 aliphatic heterocycles. The van der Waals surface area contributed by atoms with Crippen molar-refractivity contribution in [2.24, 2.45) is 0 Å². The van der Waals surface area contributed by atoms with Gasteiger partial charge in [0, 0.05) is 5.56 Å². The molecule has 1 N–H and O–H groups in total. The van der Waals surface area contributed by atoms with E-state index < -0.39 is 18.6 Å². The molecule has 0 fully saturated rings. The summed E-state index contributed by atoms with van der Waals surface area (Å²) in [6.45, 7) is -2.95. The molecule has 0 unspecified atom stereocenters. The highest BCUT2D eigenvalue weighted by Gasteiger charge is 2.18. The van der Waals surface area contributed by atoms with Gasteiger partial charge in [0.2, 0.25) is 0 Å². The Labute approximate surface area is 161 Å². The number of carbonyl (C=O) groups is 1. The zero-order valence-corrected chi connectivity index (χ0v) is 15.1. The van der Waals surface area contributed by atoms with Crippen molar-refractivity contribution in [3.8, 4) is 11.5 Å². The van der Waals surface area contributed by atoms with Crippen LogP contribution in [0.3, 0.4) is 0 Å². The van der Waals surface area contributed by atoms with Gasteiger partial charge in [-0.25, -0.2) is 0 Å². The molecule has 0 aliphatic carbocycles. The topological polar surface area (TPSA) is 47.6 Å². The zero-order valence-electron chi connectivity index (χ0n) is 15.1. The van der Waals surface area contributed by atoms with Gasteiger partial charge in [0.15, 0.2) is 0 Å². The predicted molar refractivity (Wildman–Crippen MR) is 102 cm³/mol. The maximum absolute atomic E-state index is 12.8. The van der Waals surface area contributed by atoms with Gasteiger partial charge in [-0.15, -0.1) is 0 Å². The highest BCUT2D eigenvalue weighted by atomic mass is 19.3. The summed E-state index contributed by atoms with van der Waals surface area (Å²) in [6, 6.07) is 22.1. The zero-order chi connectivity index (χ0) is 19.9. The Morgan fingerprint density at radius 1 is 0.857 bits per heavy atom. The number of hydrogen-bond donors (Lipinski definition) is 1. The van der Waals surface area contributed by atoms with E-state index in [1.165, 1.54) is 18.2 Å². The first-order chi connectivity index (χ1) is 13.6. The molecule has 0 aromatic heterocycles. The number of methoxy groups -OCH3 is 1. The number of halogens is 2. The van der Waals surface area contributed by atoms with Crippen LogP contribution in [0.5, 0.6) is 11.5 Å². The van der Waals surface area contributed by atoms with E-state index in [0.29, 0.717) is 5.75 Å². The van der Waals surface area contributed by atoms with Gasteiger partial charge in [0.05, 0.1) is 13.2 Å². The van der Waals surface area contributed by atoms with Gasteiger partial charge >= 0.3 is 6.61 Å². The average molecular weight is 383 g/mol. The van der Waals surface area contributed by atoms with E-state index in [1.54, 1.807) is 13.2 Å². The average Bonchev–Trinajstić information content (AvgIpc) is 2.72. The van der Waals surface area contributed by atoms with E-state index in [0.717, 1.165) is 11.1 Å². The molecule has 0 heterocycles. The molecule has 3 rings (SSSR count). The number of rotatable bonds is 7. The van der Waals surface area contributed by atoms with Crippen molar-refractivity contribution in [2.45, 2.75) is 12.7 Å². The van der Waals surface area contributed by atoms with Crippen molar-refractivity contribution >= 4 is 5.91 Å². The molecule has 1 amide bonds. The summed E-state index contributed by atoms with van der Waals surface area (Å²) in [7, 11) is 1.58. The van der Waals surface area contributed by atoms with E-state index >= 15 is 0 Å². The molecule has 0 radical (unpaired) electrons. The normalized spacial score (nSPS) is 11.7. The van der Waals surface area contributed by atoms with Crippen LogP contribution in [0.4, 0.5) is 8.78 Å². The lowest BCUT2D eigenvalue weighted by Gasteiger charge is -2.20. The lowest BCUT2D eigenvalue weighted by atomic mass is 9.98. The van der Waals surface area contributed by atoms with Crippen LogP contribution >= 0.6 is 0 Å². The van der Waals surface area contributed by atoms with Crippen LogP contribution in [0.2, 0.25) is 0 Å². The number of benzene rings is 3. The third kappa shape index (κ3) is 4.85. The van der Waals surface area contributed by atoms with Crippen molar-refractivity contribution in [2.75, 3.05) is 7.11 Å². The molecule has 0 aliphatic rings. The van der Waals surface area contributed by atoms with Crippen LogP contribution in [-0.2, 0) is 0 Å². The van der Waals surface area contributed by atoms with Gasteiger partial charge in [0.1, 0.15) is 11.5 Å². The smallest absolute Gasteiger partial charge is 0.387 e. The number of amides is 1. The van der Waals surface area contributed by atoms with E-state index in [1.807, 2.05) is 54.6 Å². The van der Waals surface area contributed by atoms with E-state index in [-0.39, 0.29) is 11.3 Å². The standard InChI is InChI=1S/C22H19F2NO3/c1-27-18-12-10-16(11-13-18)20(15-6-3-2-4-7-15)25-21(26)17-8-5-9-19(14-17)28-22(23)24/h2-14,20,22H,1H3,(H,25,26)/t20-/m0/s1. The van der Waals surface area contributed by atoms with E-state index in [9.17, 15) is 13.6 Å². The molecular formula is C22H19F2NO3. The van der Waals surface area contributed by atoms with Crippen LogP contribution in [-0.4, -0.2) is 19.6 Å². The molecule has 0 saturated heterocycles. The van der Waals surface area contributed by atoms with Crippen molar-refractivity contribution in [1.29, 1.82) is 0 Å².